The van der Waals surface area contributed by atoms with Crippen LogP contribution in [0.4, 0.5) is 0 Å². The zero-order valence-electron chi connectivity index (χ0n) is 35.3. The number of esters is 3. The van der Waals surface area contributed by atoms with Gasteiger partial charge in [-0.1, -0.05) is 214 Å². The molecule has 0 aliphatic heterocycles. The maximum Gasteiger partial charge on any atom is 0.306 e. The van der Waals surface area contributed by atoms with Gasteiger partial charge < -0.3 is 14.2 Å². The second-order valence-electron chi connectivity index (χ2n) is 15.9. The fourth-order valence-electron chi connectivity index (χ4n) is 6.77. The molecule has 0 heterocycles. The third kappa shape index (κ3) is 38.1. The average molecular weight is 737 g/mol. The Morgan fingerprint density at radius 1 is 0.385 bits per heavy atom. The fourth-order valence-corrected chi connectivity index (χ4v) is 6.77. The molecule has 0 fully saturated rings. The van der Waals surface area contributed by atoms with E-state index in [0.717, 1.165) is 63.7 Å². The lowest BCUT2D eigenvalue weighted by Crippen LogP contribution is -2.30. The van der Waals surface area contributed by atoms with Crippen molar-refractivity contribution in [2.75, 3.05) is 13.2 Å². The summed E-state index contributed by atoms with van der Waals surface area (Å²) in [5.74, 6) is -0.00818. The number of unbranched alkanes of at least 4 members (excludes halogenated alkanes) is 27. The molecule has 6 heteroatoms. The van der Waals surface area contributed by atoms with Gasteiger partial charge in [0.05, 0.1) is 0 Å². The summed E-state index contributed by atoms with van der Waals surface area (Å²) in [5, 5.41) is 0. The highest BCUT2D eigenvalue weighted by Crippen LogP contribution is 2.17. The predicted molar refractivity (Wildman–Crippen MR) is 220 cm³/mol. The van der Waals surface area contributed by atoms with Crippen molar-refractivity contribution in [2.45, 2.75) is 259 Å². The van der Waals surface area contributed by atoms with Crippen LogP contribution in [0, 0.1) is 5.92 Å². The SMILES string of the molecule is CCCCCCCCCCCCCCC(=O)OC[C@H](COC(=O)CCCCCCCCCCC(C)CC)OC(=O)CCCCCCCCCCCC. The van der Waals surface area contributed by atoms with Crippen LogP contribution in [0.2, 0.25) is 0 Å². The van der Waals surface area contributed by atoms with Crippen LogP contribution in [0.25, 0.3) is 0 Å². The van der Waals surface area contributed by atoms with Crippen LogP contribution in [-0.2, 0) is 28.6 Å². The molecule has 0 aromatic carbocycles. The van der Waals surface area contributed by atoms with Gasteiger partial charge in [0.2, 0.25) is 0 Å². The Morgan fingerprint density at radius 3 is 1.00 bits per heavy atom. The Bertz CT molecular complexity index is 783. The summed E-state index contributed by atoms with van der Waals surface area (Å²) in [6.45, 7) is 8.99. The van der Waals surface area contributed by atoms with E-state index in [9.17, 15) is 14.4 Å². The Labute approximate surface area is 323 Å². The van der Waals surface area contributed by atoms with E-state index < -0.39 is 6.10 Å². The highest BCUT2D eigenvalue weighted by Gasteiger charge is 2.19. The molecule has 0 rings (SSSR count). The highest BCUT2D eigenvalue weighted by molar-refractivity contribution is 5.71. The molecule has 0 saturated carbocycles. The van der Waals surface area contributed by atoms with E-state index in [0.29, 0.717) is 19.3 Å². The van der Waals surface area contributed by atoms with Crippen molar-refractivity contribution in [3.8, 4) is 0 Å². The molecule has 0 amide bonds. The number of rotatable bonds is 41. The number of hydrogen-bond donors (Lipinski definition) is 0. The lowest BCUT2D eigenvalue weighted by molar-refractivity contribution is -0.167. The van der Waals surface area contributed by atoms with Crippen molar-refractivity contribution in [3.63, 3.8) is 0 Å². The normalized spacial score (nSPS) is 12.5. The number of carbonyl (C=O) groups excluding carboxylic acids is 3. The Kier molecular flexibility index (Phi) is 39.4. The van der Waals surface area contributed by atoms with Crippen molar-refractivity contribution in [3.05, 3.63) is 0 Å². The molecule has 0 aliphatic rings. The summed E-state index contributed by atoms with van der Waals surface area (Å²) < 4.78 is 16.7. The first-order valence-corrected chi connectivity index (χ1v) is 22.9. The van der Waals surface area contributed by atoms with Crippen LogP contribution < -0.4 is 0 Å². The highest BCUT2D eigenvalue weighted by atomic mass is 16.6. The minimum Gasteiger partial charge on any atom is -0.462 e. The van der Waals surface area contributed by atoms with Crippen LogP contribution in [-0.4, -0.2) is 37.2 Å². The molecular weight excluding hydrogens is 648 g/mol. The molecule has 0 saturated heterocycles. The zero-order chi connectivity index (χ0) is 38.2. The van der Waals surface area contributed by atoms with Gasteiger partial charge in [-0.25, -0.2) is 0 Å². The lowest BCUT2D eigenvalue weighted by atomic mass is 9.99. The number of ether oxygens (including phenoxy) is 3. The standard InChI is InChI=1S/C46H88O6/c1-5-8-10-12-14-16-18-19-21-25-29-33-37-44(47)50-40-43(52-46(49)39-35-31-27-20-17-15-13-11-9-6-2)41-51-45(48)38-34-30-26-23-22-24-28-32-36-42(4)7-3/h42-43H,5-41H2,1-4H3/t42?,43-/m1/s1. The molecule has 0 radical (unpaired) electrons. The van der Waals surface area contributed by atoms with Gasteiger partial charge in [-0.15, -0.1) is 0 Å². The average Bonchev–Trinajstić information content (AvgIpc) is 3.14. The molecular formula is C46H88O6. The van der Waals surface area contributed by atoms with E-state index in [1.54, 1.807) is 0 Å². The third-order valence-corrected chi connectivity index (χ3v) is 10.7. The Hall–Kier alpha value is -1.59. The first-order chi connectivity index (χ1) is 25.4. The smallest absolute Gasteiger partial charge is 0.306 e. The largest absolute Gasteiger partial charge is 0.462 e. The van der Waals surface area contributed by atoms with E-state index in [2.05, 4.69) is 27.7 Å². The Balaban J connectivity index is 4.33. The quantitative estimate of drug-likeness (QED) is 0.0353. The minimum absolute atomic E-state index is 0.0640. The van der Waals surface area contributed by atoms with Gasteiger partial charge in [-0.3, -0.25) is 14.4 Å². The third-order valence-electron chi connectivity index (χ3n) is 10.7. The molecule has 0 aromatic rings. The van der Waals surface area contributed by atoms with Gasteiger partial charge in [-0.2, -0.15) is 0 Å². The second kappa shape index (κ2) is 40.6. The van der Waals surface area contributed by atoms with Gasteiger partial charge in [0.1, 0.15) is 13.2 Å². The van der Waals surface area contributed by atoms with Crippen molar-refractivity contribution >= 4 is 17.9 Å². The monoisotopic (exact) mass is 737 g/mol. The summed E-state index contributed by atoms with van der Waals surface area (Å²) in [6, 6.07) is 0. The van der Waals surface area contributed by atoms with E-state index in [1.165, 1.54) is 148 Å². The second-order valence-corrected chi connectivity index (χ2v) is 15.9. The van der Waals surface area contributed by atoms with Crippen LogP contribution in [0.1, 0.15) is 252 Å². The van der Waals surface area contributed by atoms with Gasteiger partial charge in [0.25, 0.3) is 0 Å². The molecule has 2 atom stereocenters. The maximum atomic E-state index is 12.7. The van der Waals surface area contributed by atoms with E-state index in [-0.39, 0.29) is 31.1 Å². The van der Waals surface area contributed by atoms with E-state index >= 15 is 0 Å². The van der Waals surface area contributed by atoms with E-state index in [1.807, 2.05) is 0 Å². The molecule has 0 bridgehead atoms. The summed E-state index contributed by atoms with van der Waals surface area (Å²) in [4.78, 5) is 37.7. The summed E-state index contributed by atoms with van der Waals surface area (Å²) >= 11 is 0. The predicted octanol–water partition coefficient (Wildman–Crippen LogP) is 14.3. The topological polar surface area (TPSA) is 78.9 Å². The van der Waals surface area contributed by atoms with Crippen molar-refractivity contribution < 1.29 is 28.6 Å². The van der Waals surface area contributed by atoms with Gasteiger partial charge >= 0.3 is 17.9 Å². The molecule has 1 unspecified atom stereocenters. The molecule has 0 aliphatic carbocycles. The van der Waals surface area contributed by atoms with Crippen LogP contribution in [0.3, 0.4) is 0 Å². The van der Waals surface area contributed by atoms with Crippen LogP contribution in [0.15, 0.2) is 0 Å². The van der Waals surface area contributed by atoms with Gasteiger partial charge in [-0.05, 0) is 25.2 Å². The van der Waals surface area contributed by atoms with Gasteiger partial charge in [0.15, 0.2) is 6.10 Å². The molecule has 0 spiro atoms. The molecule has 0 N–H and O–H groups in total. The molecule has 0 aromatic heterocycles. The van der Waals surface area contributed by atoms with Crippen LogP contribution >= 0.6 is 0 Å². The summed E-state index contributed by atoms with van der Waals surface area (Å²) in [7, 11) is 0. The van der Waals surface area contributed by atoms with Crippen LogP contribution in [0.5, 0.6) is 0 Å². The zero-order valence-corrected chi connectivity index (χ0v) is 35.3. The summed E-state index contributed by atoms with van der Waals surface area (Å²) in [5.41, 5.74) is 0. The first kappa shape index (κ1) is 50.4. The number of carbonyl (C=O) groups is 3. The van der Waals surface area contributed by atoms with E-state index in [4.69, 9.17) is 14.2 Å². The lowest BCUT2D eigenvalue weighted by Gasteiger charge is -2.18. The van der Waals surface area contributed by atoms with Crippen molar-refractivity contribution in [1.29, 1.82) is 0 Å². The Morgan fingerprint density at radius 2 is 0.673 bits per heavy atom. The molecule has 6 nitrogen and oxygen atoms in total. The maximum absolute atomic E-state index is 12.7. The van der Waals surface area contributed by atoms with Crippen molar-refractivity contribution in [2.24, 2.45) is 5.92 Å². The minimum atomic E-state index is -0.759. The summed E-state index contributed by atoms with van der Waals surface area (Å²) in [6.07, 6.45) is 39.3. The number of hydrogen-bond acceptors (Lipinski definition) is 6. The molecule has 308 valence electrons. The van der Waals surface area contributed by atoms with Crippen molar-refractivity contribution in [1.82, 2.24) is 0 Å². The molecule has 52 heavy (non-hydrogen) atoms. The first-order valence-electron chi connectivity index (χ1n) is 22.9. The fraction of sp³-hybridized carbons (Fsp3) is 0.935. The van der Waals surface area contributed by atoms with Gasteiger partial charge in [0, 0.05) is 19.3 Å².